The number of anilines is 2. The van der Waals surface area contributed by atoms with Crippen molar-refractivity contribution in [3.63, 3.8) is 0 Å². The van der Waals surface area contributed by atoms with Gasteiger partial charge in [-0.15, -0.1) is 0 Å². The molecule has 0 saturated heterocycles. The van der Waals surface area contributed by atoms with Gasteiger partial charge in [-0.05, 0) is 39.0 Å². The number of nitrogens with zero attached hydrogens (tertiary/aromatic N) is 3. The van der Waals surface area contributed by atoms with Crippen molar-refractivity contribution in [2.45, 2.75) is 20.8 Å². The van der Waals surface area contributed by atoms with Crippen molar-refractivity contribution >= 4 is 39.3 Å². The van der Waals surface area contributed by atoms with Gasteiger partial charge in [0, 0.05) is 16.7 Å². The van der Waals surface area contributed by atoms with E-state index in [1.54, 1.807) is 29.1 Å². The molecule has 2 amide bonds. The third-order valence-electron chi connectivity index (χ3n) is 2.91. The Balaban J connectivity index is 2.18. The zero-order valence-electron chi connectivity index (χ0n) is 13.2. The van der Waals surface area contributed by atoms with Crippen molar-refractivity contribution in [2.75, 3.05) is 10.6 Å². The van der Waals surface area contributed by atoms with Crippen molar-refractivity contribution in [3.05, 3.63) is 52.8 Å². The van der Waals surface area contributed by atoms with Gasteiger partial charge in [0.05, 0.1) is 11.4 Å². The largest absolute Gasteiger partial charge is 0.326 e. The molecular weight excluding hydrogens is 358 g/mol. The van der Waals surface area contributed by atoms with Gasteiger partial charge >= 0.3 is 6.03 Å². The van der Waals surface area contributed by atoms with Gasteiger partial charge in [0.15, 0.2) is 0 Å². The summed E-state index contributed by atoms with van der Waals surface area (Å²) in [6, 6.07) is 4.93. The Morgan fingerprint density at radius 2 is 2.09 bits per heavy atom. The average Bonchev–Trinajstić information content (AvgIpc) is 2.85. The lowest BCUT2D eigenvalue weighted by molar-refractivity contribution is 0.262. The minimum Gasteiger partial charge on any atom is -0.292 e. The number of nitrogens with one attached hydrogen (secondary N) is 2. The molecule has 0 radical (unpaired) electrons. The molecule has 0 aliphatic rings. The third kappa shape index (κ3) is 4.53. The van der Waals surface area contributed by atoms with Gasteiger partial charge in [0.2, 0.25) is 0 Å². The van der Waals surface area contributed by atoms with Gasteiger partial charge in [0.1, 0.15) is 11.6 Å². The summed E-state index contributed by atoms with van der Waals surface area (Å²) in [5.41, 5.74) is 1.68. The Hall–Kier alpha value is -2.41. The number of rotatable bonds is 4. The zero-order chi connectivity index (χ0) is 16.8. The minimum absolute atomic E-state index is 0.382. The summed E-state index contributed by atoms with van der Waals surface area (Å²) in [4.78, 5) is 16.2. The van der Waals surface area contributed by atoms with Crippen LogP contribution in [0.1, 0.15) is 19.5 Å². The number of carbonyl (C=O) groups excluding carboxylic acids is 1. The molecule has 0 bridgehead atoms. The van der Waals surface area contributed by atoms with Crippen LogP contribution in [0, 0.1) is 6.92 Å². The molecular formula is C16H18BrN5O. The van der Waals surface area contributed by atoms with Gasteiger partial charge in [0.25, 0.3) is 0 Å². The van der Waals surface area contributed by atoms with E-state index >= 15 is 0 Å². The van der Waals surface area contributed by atoms with E-state index in [1.165, 1.54) is 0 Å². The maximum absolute atomic E-state index is 12.2. The fourth-order valence-electron chi connectivity index (χ4n) is 1.98. The Labute approximate surface area is 143 Å². The predicted molar refractivity (Wildman–Crippen MR) is 96.3 cm³/mol. The molecule has 2 heterocycles. The van der Waals surface area contributed by atoms with E-state index in [-0.39, 0.29) is 6.03 Å². The fraction of sp³-hybridized carbons (Fsp3) is 0.188. The highest BCUT2D eigenvalue weighted by atomic mass is 79.9. The summed E-state index contributed by atoms with van der Waals surface area (Å²) in [5, 5.41) is 9.89. The molecule has 120 valence electrons. The van der Waals surface area contributed by atoms with E-state index in [0.29, 0.717) is 11.6 Å². The average molecular weight is 376 g/mol. The minimum atomic E-state index is -0.382. The molecule has 0 fully saturated rings. The van der Waals surface area contributed by atoms with Crippen LogP contribution in [0.15, 0.2) is 47.1 Å². The molecule has 0 atom stereocenters. The first-order valence-corrected chi connectivity index (χ1v) is 7.88. The molecule has 2 N–H and O–H groups in total. The number of carbonyl (C=O) groups is 1. The number of urea groups is 1. The van der Waals surface area contributed by atoms with Crippen molar-refractivity contribution in [2.24, 2.45) is 0 Å². The van der Waals surface area contributed by atoms with Crippen molar-refractivity contribution < 1.29 is 4.79 Å². The number of allylic oxidation sites excluding steroid dienone is 4. The van der Waals surface area contributed by atoms with Gasteiger partial charge in [-0.25, -0.2) is 14.5 Å². The second kappa shape index (κ2) is 7.73. The van der Waals surface area contributed by atoms with E-state index in [4.69, 9.17) is 0 Å². The summed E-state index contributed by atoms with van der Waals surface area (Å²) in [6.45, 7) is 5.72. The lowest BCUT2D eigenvalue weighted by Crippen LogP contribution is -2.22. The van der Waals surface area contributed by atoms with E-state index in [9.17, 15) is 4.79 Å². The van der Waals surface area contributed by atoms with Crippen LogP contribution in [0.2, 0.25) is 0 Å². The SMILES string of the molecule is C/C=C\C(=C/C)n1nc(C)cc1NC(=O)Nc1cc(Br)ccn1. The number of aryl methyl sites for hydroxylation is 1. The Bertz CT molecular complexity index is 764. The summed E-state index contributed by atoms with van der Waals surface area (Å²) in [5.74, 6) is 1.04. The van der Waals surface area contributed by atoms with Crippen LogP contribution >= 0.6 is 15.9 Å². The number of hydrogen-bond acceptors (Lipinski definition) is 3. The molecule has 0 saturated carbocycles. The number of hydrogen-bond donors (Lipinski definition) is 2. The van der Waals surface area contributed by atoms with Crippen LogP contribution in [0.5, 0.6) is 0 Å². The third-order valence-corrected chi connectivity index (χ3v) is 3.41. The molecule has 2 rings (SSSR count). The summed E-state index contributed by atoms with van der Waals surface area (Å²) < 4.78 is 2.52. The first kappa shape index (κ1) is 17.0. The second-order valence-corrected chi connectivity index (χ2v) is 5.65. The number of pyridine rings is 1. The highest BCUT2D eigenvalue weighted by molar-refractivity contribution is 9.10. The molecule has 23 heavy (non-hydrogen) atoms. The molecule has 0 spiro atoms. The van der Waals surface area contributed by atoms with Crippen LogP contribution in [-0.4, -0.2) is 20.8 Å². The first-order chi connectivity index (χ1) is 11.0. The summed E-state index contributed by atoms with van der Waals surface area (Å²) in [7, 11) is 0. The maximum atomic E-state index is 12.2. The lowest BCUT2D eigenvalue weighted by atomic mass is 10.3. The van der Waals surface area contributed by atoms with E-state index in [0.717, 1.165) is 15.9 Å². The molecule has 2 aromatic heterocycles. The van der Waals surface area contributed by atoms with E-state index in [2.05, 4.69) is 36.6 Å². The predicted octanol–water partition coefficient (Wildman–Crippen LogP) is 4.43. The molecule has 6 nitrogen and oxygen atoms in total. The molecule has 0 aromatic carbocycles. The summed E-state index contributed by atoms with van der Waals surface area (Å²) in [6.07, 6.45) is 7.37. The number of halogens is 1. The van der Waals surface area contributed by atoms with Crippen molar-refractivity contribution in [3.8, 4) is 0 Å². The molecule has 0 unspecified atom stereocenters. The van der Waals surface area contributed by atoms with Gasteiger partial charge in [-0.2, -0.15) is 5.10 Å². The van der Waals surface area contributed by atoms with Crippen LogP contribution in [0.4, 0.5) is 16.4 Å². The fourth-order valence-corrected chi connectivity index (χ4v) is 2.32. The molecule has 0 aliphatic carbocycles. The van der Waals surface area contributed by atoms with Crippen LogP contribution < -0.4 is 10.6 Å². The van der Waals surface area contributed by atoms with Crippen LogP contribution in [0.25, 0.3) is 5.70 Å². The Morgan fingerprint density at radius 1 is 1.30 bits per heavy atom. The maximum Gasteiger partial charge on any atom is 0.326 e. The molecule has 7 heteroatoms. The normalized spacial score (nSPS) is 11.7. The van der Waals surface area contributed by atoms with Crippen molar-refractivity contribution in [1.29, 1.82) is 0 Å². The van der Waals surface area contributed by atoms with Gasteiger partial charge in [-0.3, -0.25) is 10.6 Å². The number of aromatic nitrogens is 3. The van der Waals surface area contributed by atoms with Crippen molar-refractivity contribution in [1.82, 2.24) is 14.8 Å². The second-order valence-electron chi connectivity index (χ2n) is 4.73. The van der Waals surface area contributed by atoms with Gasteiger partial charge in [-0.1, -0.05) is 28.1 Å². The van der Waals surface area contributed by atoms with Crippen LogP contribution in [0.3, 0.4) is 0 Å². The Morgan fingerprint density at radius 3 is 2.74 bits per heavy atom. The first-order valence-electron chi connectivity index (χ1n) is 7.09. The molecule has 2 aromatic rings. The molecule has 0 aliphatic heterocycles. The monoisotopic (exact) mass is 375 g/mol. The summed E-state index contributed by atoms with van der Waals surface area (Å²) >= 11 is 3.34. The van der Waals surface area contributed by atoms with E-state index in [1.807, 2.05) is 39.0 Å². The van der Waals surface area contributed by atoms with Gasteiger partial charge < -0.3 is 0 Å². The smallest absolute Gasteiger partial charge is 0.292 e. The topological polar surface area (TPSA) is 71.8 Å². The van der Waals surface area contributed by atoms with E-state index < -0.39 is 0 Å². The zero-order valence-corrected chi connectivity index (χ0v) is 14.8. The highest BCUT2D eigenvalue weighted by Crippen LogP contribution is 2.18. The standard InChI is InChI=1S/C16H18BrN5O/c1-4-6-13(5-2)22-15(9-11(3)21-22)20-16(23)19-14-10-12(17)7-8-18-14/h4-10H,1-3H3,(H2,18,19,20,23)/b6-4-,13-5+. The highest BCUT2D eigenvalue weighted by Gasteiger charge is 2.11. The van der Waals surface area contributed by atoms with Crippen LogP contribution in [-0.2, 0) is 0 Å². The quantitative estimate of drug-likeness (QED) is 0.776. The number of amides is 2. The lowest BCUT2D eigenvalue weighted by Gasteiger charge is -2.10. The Kier molecular flexibility index (Phi) is 5.70.